The second-order valence-electron chi connectivity index (χ2n) is 5.94. The van der Waals surface area contributed by atoms with Crippen molar-refractivity contribution >= 4 is 18.0 Å². The standard InChI is InChI=1S/C19H22N2O.ClH/c1-21(2)13-15-9-10-16-17(7-4-8-18(16)22-3)19(15)14-6-5-11-20-12-14;/h4-8,11-12H,9-10,13H2,1-3H3;1H. The van der Waals surface area contributed by atoms with Crippen LogP contribution in [0.2, 0.25) is 0 Å². The van der Waals surface area contributed by atoms with Crippen LogP contribution in [0.1, 0.15) is 23.1 Å². The number of fused-ring (bicyclic) bond motifs is 1. The van der Waals surface area contributed by atoms with Gasteiger partial charge in [0.1, 0.15) is 5.75 Å². The predicted octanol–water partition coefficient (Wildman–Crippen LogP) is 3.82. The van der Waals surface area contributed by atoms with E-state index in [9.17, 15) is 0 Å². The zero-order valence-corrected chi connectivity index (χ0v) is 14.7. The number of halogens is 1. The van der Waals surface area contributed by atoms with Crippen LogP contribution in [0.4, 0.5) is 0 Å². The number of nitrogens with zero attached hydrogens (tertiary/aromatic N) is 2. The largest absolute Gasteiger partial charge is 0.496 e. The lowest BCUT2D eigenvalue weighted by atomic mass is 9.82. The second kappa shape index (κ2) is 7.62. The van der Waals surface area contributed by atoms with E-state index in [4.69, 9.17) is 4.74 Å². The highest BCUT2D eigenvalue weighted by Gasteiger charge is 2.23. The van der Waals surface area contributed by atoms with Crippen LogP contribution >= 0.6 is 12.4 Å². The Morgan fingerprint density at radius 3 is 2.61 bits per heavy atom. The van der Waals surface area contributed by atoms with Crippen LogP contribution in [-0.4, -0.2) is 37.6 Å². The van der Waals surface area contributed by atoms with Gasteiger partial charge < -0.3 is 9.64 Å². The molecule has 0 saturated carbocycles. The Morgan fingerprint density at radius 2 is 1.96 bits per heavy atom. The molecule has 0 bridgehead atoms. The van der Waals surface area contributed by atoms with Crippen LogP contribution in [0.25, 0.3) is 5.57 Å². The third-order valence-electron chi connectivity index (χ3n) is 4.11. The number of ether oxygens (including phenoxy) is 1. The molecule has 23 heavy (non-hydrogen) atoms. The Bertz CT molecular complexity index is 696. The van der Waals surface area contributed by atoms with Gasteiger partial charge in [0, 0.05) is 30.1 Å². The van der Waals surface area contributed by atoms with E-state index in [1.54, 1.807) is 7.11 Å². The minimum Gasteiger partial charge on any atom is -0.496 e. The Hall–Kier alpha value is -1.84. The molecule has 1 aromatic carbocycles. The van der Waals surface area contributed by atoms with Crippen LogP contribution < -0.4 is 4.74 Å². The zero-order chi connectivity index (χ0) is 15.5. The molecule has 0 aliphatic heterocycles. The lowest BCUT2D eigenvalue weighted by Gasteiger charge is -2.27. The molecule has 0 saturated heterocycles. The molecule has 4 heteroatoms. The summed E-state index contributed by atoms with van der Waals surface area (Å²) in [6.07, 6.45) is 5.88. The Balaban J connectivity index is 0.00000192. The van der Waals surface area contributed by atoms with Crippen LogP contribution in [0, 0.1) is 0 Å². The van der Waals surface area contributed by atoms with Gasteiger partial charge in [0.25, 0.3) is 0 Å². The number of pyridine rings is 1. The summed E-state index contributed by atoms with van der Waals surface area (Å²) in [5, 5.41) is 0. The molecule has 0 unspecified atom stereocenters. The van der Waals surface area contributed by atoms with Crippen molar-refractivity contribution in [3.63, 3.8) is 0 Å². The zero-order valence-electron chi connectivity index (χ0n) is 13.9. The van der Waals surface area contributed by atoms with Gasteiger partial charge in [-0.3, -0.25) is 4.98 Å². The SMILES string of the molecule is COc1cccc2c1CCC(CN(C)C)=C2c1cccnc1.Cl. The van der Waals surface area contributed by atoms with Gasteiger partial charge in [-0.15, -0.1) is 12.4 Å². The van der Waals surface area contributed by atoms with Crippen molar-refractivity contribution in [3.05, 3.63) is 65.0 Å². The van der Waals surface area contributed by atoms with Crippen molar-refractivity contribution in [2.75, 3.05) is 27.7 Å². The molecule has 1 aromatic heterocycles. The van der Waals surface area contributed by atoms with Crippen molar-refractivity contribution < 1.29 is 4.74 Å². The van der Waals surface area contributed by atoms with Gasteiger partial charge in [-0.05, 0) is 55.8 Å². The van der Waals surface area contributed by atoms with Crippen molar-refractivity contribution in [1.82, 2.24) is 9.88 Å². The summed E-state index contributed by atoms with van der Waals surface area (Å²) in [7, 11) is 5.99. The van der Waals surface area contributed by atoms with Gasteiger partial charge in [0.2, 0.25) is 0 Å². The van der Waals surface area contributed by atoms with E-state index in [-0.39, 0.29) is 12.4 Å². The quantitative estimate of drug-likeness (QED) is 0.852. The third-order valence-corrected chi connectivity index (χ3v) is 4.11. The first-order valence-electron chi connectivity index (χ1n) is 7.64. The highest BCUT2D eigenvalue weighted by Crippen LogP contribution is 2.39. The normalized spacial score (nSPS) is 13.6. The van der Waals surface area contributed by atoms with E-state index in [0.29, 0.717) is 0 Å². The molecule has 3 rings (SSSR count). The van der Waals surface area contributed by atoms with E-state index < -0.39 is 0 Å². The maximum absolute atomic E-state index is 5.56. The van der Waals surface area contributed by atoms with Crippen molar-refractivity contribution in [2.24, 2.45) is 0 Å². The first-order valence-corrected chi connectivity index (χ1v) is 7.64. The first-order chi connectivity index (χ1) is 10.7. The predicted molar refractivity (Wildman–Crippen MR) is 97.4 cm³/mol. The number of benzene rings is 1. The van der Waals surface area contributed by atoms with Crippen molar-refractivity contribution in [2.45, 2.75) is 12.8 Å². The minimum atomic E-state index is 0. The first kappa shape index (κ1) is 17.5. The Labute approximate surface area is 144 Å². The van der Waals surface area contributed by atoms with Crippen molar-refractivity contribution in [1.29, 1.82) is 0 Å². The van der Waals surface area contributed by atoms with Crippen LogP contribution in [0.15, 0.2) is 48.3 Å². The topological polar surface area (TPSA) is 25.4 Å². The van der Waals surface area contributed by atoms with E-state index in [1.165, 1.54) is 27.8 Å². The van der Waals surface area contributed by atoms with Gasteiger partial charge in [-0.1, -0.05) is 18.2 Å². The number of rotatable bonds is 4. The molecule has 0 atom stereocenters. The second-order valence-corrected chi connectivity index (χ2v) is 5.94. The fourth-order valence-electron chi connectivity index (χ4n) is 3.25. The number of methoxy groups -OCH3 is 1. The minimum absolute atomic E-state index is 0. The summed E-state index contributed by atoms with van der Waals surface area (Å²) in [6.45, 7) is 0.973. The number of hydrogen-bond donors (Lipinski definition) is 0. The summed E-state index contributed by atoms with van der Waals surface area (Å²) in [6, 6.07) is 10.5. The van der Waals surface area contributed by atoms with E-state index in [0.717, 1.165) is 25.1 Å². The van der Waals surface area contributed by atoms with E-state index in [1.807, 2.05) is 18.5 Å². The van der Waals surface area contributed by atoms with Crippen LogP contribution in [0.3, 0.4) is 0 Å². The molecule has 3 nitrogen and oxygen atoms in total. The molecule has 0 radical (unpaired) electrons. The van der Waals surface area contributed by atoms with Crippen LogP contribution in [0.5, 0.6) is 5.75 Å². The molecule has 2 aromatic rings. The molecule has 1 aliphatic carbocycles. The average molecular weight is 331 g/mol. The van der Waals surface area contributed by atoms with E-state index in [2.05, 4.69) is 48.2 Å². The highest BCUT2D eigenvalue weighted by molar-refractivity contribution is 5.86. The molecule has 122 valence electrons. The molecule has 0 N–H and O–H groups in total. The molecule has 0 amide bonds. The van der Waals surface area contributed by atoms with Gasteiger partial charge in [-0.25, -0.2) is 0 Å². The molecular weight excluding hydrogens is 308 g/mol. The van der Waals surface area contributed by atoms with E-state index >= 15 is 0 Å². The molecule has 0 spiro atoms. The summed E-state index contributed by atoms with van der Waals surface area (Å²) in [5.41, 5.74) is 6.58. The number of likely N-dealkylation sites (N-methyl/N-ethyl adjacent to an activating group) is 1. The molecule has 0 fully saturated rings. The van der Waals surface area contributed by atoms with Crippen LogP contribution in [-0.2, 0) is 6.42 Å². The maximum Gasteiger partial charge on any atom is 0.122 e. The molecule has 1 aliphatic rings. The van der Waals surface area contributed by atoms with Gasteiger partial charge >= 0.3 is 0 Å². The van der Waals surface area contributed by atoms with Crippen molar-refractivity contribution in [3.8, 4) is 5.75 Å². The average Bonchev–Trinajstić information content (AvgIpc) is 2.54. The summed E-state index contributed by atoms with van der Waals surface area (Å²) < 4.78 is 5.56. The maximum atomic E-state index is 5.56. The number of aromatic nitrogens is 1. The monoisotopic (exact) mass is 330 g/mol. The fraction of sp³-hybridized carbons (Fsp3) is 0.316. The van der Waals surface area contributed by atoms with Gasteiger partial charge in [0.05, 0.1) is 7.11 Å². The molecule has 1 heterocycles. The fourth-order valence-corrected chi connectivity index (χ4v) is 3.25. The Morgan fingerprint density at radius 1 is 1.13 bits per heavy atom. The lowest BCUT2D eigenvalue weighted by Crippen LogP contribution is -2.19. The third kappa shape index (κ3) is 3.57. The number of hydrogen-bond acceptors (Lipinski definition) is 3. The lowest BCUT2D eigenvalue weighted by molar-refractivity contribution is 0.407. The Kier molecular flexibility index (Phi) is 5.80. The highest BCUT2D eigenvalue weighted by atomic mass is 35.5. The van der Waals surface area contributed by atoms with Gasteiger partial charge in [0.15, 0.2) is 0 Å². The summed E-state index contributed by atoms with van der Waals surface area (Å²) >= 11 is 0. The molecular formula is C19H23ClN2O. The van der Waals surface area contributed by atoms with Gasteiger partial charge in [-0.2, -0.15) is 0 Å². The summed E-state index contributed by atoms with van der Waals surface area (Å²) in [5.74, 6) is 0.989. The summed E-state index contributed by atoms with van der Waals surface area (Å²) in [4.78, 5) is 6.54. The smallest absolute Gasteiger partial charge is 0.122 e.